The van der Waals surface area contributed by atoms with Gasteiger partial charge in [0.25, 0.3) is 0 Å². The van der Waals surface area contributed by atoms with Gasteiger partial charge in [-0.2, -0.15) is 0 Å². The molecule has 2 aromatic rings. The summed E-state index contributed by atoms with van der Waals surface area (Å²) in [5, 5.41) is 37.5. The first-order valence-electron chi connectivity index (χ1n) is 24.7. The minimum absolute atomic E-state index is 0.0116. The zero-order valence-corrected chi connectivity index (χ0v) is 38.7. The molecule has 2 amide bonds. The largest absolute Gasteiger partial charge is 0.459 e. The molecule has 2 heterocycles. The van der Waals surface area contributed by atoms with E-state index in [2.05, 4.69) is 18.0 Å². The molecule has 7 rings (SSSR count). The fourth-order valence-corrected chi connectivity index (χ4v) is 11.1. The molecular weight excluding hydrogens is 843 g/mol. The summed E-state index contributed by atoms with van der Waals surface area (Å²) in [7, 11) is 0. The van der Waals surface area contributed by atoms with Gasteiger partial charge in [-0.25, -0.2) is 4.79 Å². The second-order valence-corrected chi connectivity index (χ2v) is 18.5. The lowest BCUT2D eigenvalue weighted by atomic mass is 9.55. The van der Waals surface area contributed by atoms with Crippen molar-refractivity contribution in [3.63, 3.8) is 0 Å². The molecule has 0 bridgehead atoms. The number of hydrogen-bond acceptors (Lipinski definition) is 12. The van der Waals surface area contributed by atoms with Crippen LogP contribution in [0.15, 0.2) is 78.0 Å². The van der Waals surface area contributed by atoms with Crippen molar-refractivity contribution in [1.82, 2.24) is 10.2 Å². The van der Waals surface area contributed by atoms with E-state index in [1.54, 1.807) is 12.1 Å². The number of aliphatic hydroxyl groups excluding tert-OH is 3. The van der Waals surface area contributed by atoms with Gasteiger partial charge in [0.15, 0.2) is 0 Å². The monoisotopic (exact) mass is 916 g/mol. The first kappa shape index (κ1) is 49.6. The van der Waals surface area contributed by atoms with Gasteiger partial charge in [0.05, 0.1) is 44.7 Å². The van der Waals surface area contributed by atoms with Crippen molar-refractivity contribution in [1.29, 1.82) is 0 Å². The molecule has 2 saturated carbocycles. The lowest BCUT2D eigenvalue weighted by Gasteiger charge is -2.60. The van der Waals surface area contributed by atoms with E-state index >= 15 is 0 Å². The predicted octanol–water partition coefficient (Wildman–Crippen LogP) is 7.94. The van der Waals surface area contributed by atoms with Crippen molar-refractivity contribution in [3.05, 3.63) is 84.0 Å². The molecule has 7 atom stereocenters. The van der Waals surface area contributed by atoms with Crippen molar-refractivity contribution in [2.45, 2.75) is 133 Å². The molecule has 2 aromatic carbocycles. The van der Waals surface area contributed by atoms with Crippen LogP contribution in [0.4, 0.5) is 4.79 Å². The Balaban J connectivity index is 1.37. The summed E-state index contributed by atoms with van der Waals surface area (Å²) in [5.41, 5.74) is 3.39. The quantitative estimate of drug-likeness (QED) is 0.0432. The predicted molar refractivity (Wildman–Crippen MR) is 250 cm³/mol. The summed E-state index contributed by atoms with van der Waals surface area (Å²) in [6.45, 7) is 5.65. The SMILES string of the molecule is C=CCO[C@@]12Oc3ccc(OC(=O)NCc4ccccc4)cc3[C@H]3[C@H](CCCCO)[C@@H](CCCCO)C=C(C(=NOC4CCCCO4)C[C@@H]1N(CCOCCO)C(=O)CCC1CCCC1)[C@H]32. The number of hydrogen-bond donors (Lipinski definition) is 4. The van der Waals surface area contributed by atoms with E-state index in [9.17, 15) is 24.9 Å². The average Bonchev–Trinajstić information content (AvgIpc) is 3.87. The second kappa shape index (κ2) is 25.2. The van der Waals surface area contributed by atoms with E-state index in [4.69, 9.17) is 33.7 Å². The van der Waals surface area contributed by atoms with E-state index in [1.807, 2.05) is 47.4 Å². The van der Waals surface area contributed by atoms with Crippen LogP contribution in [-0.4, -0.2) is 109 Å². The number of unbranched alkanes of at least 4 members (excludes halogenated alkanes) is 2. The normalized spacial score (nSPS) is 26.4. The maximum atomic E-state index is 15.0. The molecule has 0 spiro atoms. The van der Waals surface area contributed by atoms with Gasteiger partial charge in [-0.3, -0.25) is 4.79 Å². The minimum atomic E-state index is -1.45. The first-order valence-corrected chi connectivity index (χ1v) is 24.7. The zero-order valence-electron chi connectivity index (χ0n) is 38.7. The number of carbonyl (C=O) groups excluding carboxylic acids is 2. The molecular formula is C52H73N3O11. The third kappa shape index (κ3) is 12.4. The fraction of sp³-hybridized carbons (Fsp3) is 0.635. The third-order valence-electron chi connectivity index (χ3n) is 14.2. The average molecular weight is 916 g/mol. The molecule has 14 nitrogen and oxygen atoms in total. The number of rotatable bonds is 25. The minimum Gasteiger partial charge on any atom is -0.459 e. The number of nitrogens with one attached hydrogen (secondary N) is 1. The summed E-state index contributed by atoms with van der Waals surface area (Å²) in [6, 6.07) is 14.4. The Labute approximate surface area is 390 Å². The highest BCUT2D eigenvalue weighted by Crippen LogP contribution is 2.62. The Bertz CT molecular complexity index is 1920. The van der Waals surface area contributed by atoms with Crippen LogP contribution in [0, 0.1) is 23.7 Å². The number of ether oxygens (including phenoxy) is 5. The Hall–Kier alpha value is -4.31. The van der Waals surface area contributed by atoms with Crippen LogP contribution >= 0.6 is 0 Å². The topological polar surface area (TPSA) is 178 Å². The first-order chi connectivity index (χ1) is 32.4. The number of amides is 2. The number of allylic oxidation sites excluding steroid dienone is 1. The van der Waals surface area contributed by atoms with Gasteiger partial charge in [-0.15, -0.1) is 6.58 Å². The van der Waals surface area contributed by atoms with Gasteiger partial charge >= 0.3 is 6.09 Å². The number of carbonyl (C=O) groups is 2. The van der Waals surface area contributed by atoms with Crippen LogP contribution in [0.25, 0.3) is 0 Å². The van der Waals surface area contributed by atoms with Crippen LogP contribution in [-0.2, 0) is 30.4 Å². The molecule has 1 unspecified atom stereocenters. The van der Waals surface area contributed by atoms with Crippen LogP contribution in [0.3, 0.4) is 0 Å². The maximum absolute atomic E-state index is 15.0. The number of benzene rings is 2. The van der Waals surface area contributed by atoms with Crippen LogP contribution < -0.4 is 14.8 Å². The molecule has 1 saturated heterocycles. The lowest BCUT2D eigenvalue weighted by molar-refractivity contribution is -0.258. The van der Waals surface area contributed by atoms with Gasteiger partial charge in [0.1, 0.15) is 17.5 Å². The molecule has 2 aliphatic heterocycles. The van der Waals surface area contributed by atoms with Gasteiger partial charge in [-0.05, 0) is 92.0 Å². The van der Waals surface area contributed by atoms with E-state index in [0.29, 0.717) is 62.0 Å². The van der Waals surface area contributed by atoms with Crippen molar-refractivity contribution in [2.75, 3.05) is 52.8 Å². The maximum Gasteiger partial charge on any atom is 0.412 e. The molecule has 4 N–H and O–H groups in total. The van der Waals surface area contributed by atoms with E-state index in [-0.39, 0.29) is 76.3 Å². The lowest BCUT2D eigenvalue weighted by Crippen LogP contribution is -2.70. The van der Waals surface area contributed by atoms with Crippen molar-refractivity contribution < 1.29 is 53.4 Å². The highest BCUT2D eigenvalue weighted by molar-refractivity contribution is 6.03. The molecule has 5 aliphatic rings. The standard InChI is InChI=1S/C52H73N3O11/c1-2-29-63-52-46(55(25-31-61-32-28-58)47(59)24-21-37-14-6-7-15-37)35-44(54-66-48-20-10-13-30-62-48)42-33-39(18-8-11-26-56)41(19-9-12-27-57)49(50(42)52)43-34-40(22-23-45(43)65-52)64-51(60)53-36-38-16-4-3-5-17-38/h2-5,16-17,22-23,33-34,37,39,41,46,48-50,56-58H,1,6-15,18-21,24-32,35-36H2,(H,53,60)/t39-,41+,46-,48?,49+,50+,52+/m0/s1. The Kier molecular flexibility index (Phi) is 18.9. The van der Waals surface area contributed by atoms with Crippen LogP contribution in [0.5, 0.6) is 11.5 Å². The molecule has 362 valence electrons. The van der Waals surface area contributed by atoms with Gasteiger partial charge in [0, 0.05) is 57.0 Å². The fourth-order valence-electron chi connectivity index (χ4n) is 11.1. The third-order valence-corrected chi connectivity index (χ3v) is 14.2. The van der Waals surface area contributed by atoms with Gasteiger partial charge < -0.3 is 54.1 Å². The summed E-state index contributed by atoms with van der Waals surface area (Å²) in [5.74, 6) is -0.880. The number of oxime groups is 1. The summed E-state index contributed by atoms with van der Waals surface area (Å²) >= 11 is 0. The smallest absolute Gasteiger partial charge is 0.412 e. The molecule has 66 heavy (non-hydrogen) atoms. The summed E-state index contributed by atoms with van der Waals surface area (Å²) in [6.07, 6.45) is 15.9. The summed E-state index contributed by atoms with van der Waals surface area (Å²) in [4.78, 5) is 36.5. The number of aliphatic hydroxyl groups is 3. The van der Waals surface area contributed by atoms with Gasteiger partial charge in [0.2, 0.25) is 18.0 Å². The number of nitrogens with zero attached hydrogens (tertiary/aromatic N) is 2. The van der Waals surface area contributed by atoms with Crippen LogP contribution in [0.1, 0.15) is 120 Å². The molecule has 14 heteroatoms. The van der Waals surface area contributed by atoms with Crippen molar-refractivity contribution in [2.24, 2.45) is 28.8 Å². The molecule has 3 fully saturated rings. The highest BCUT2D eigenvalue weighted by atomic mass is 16.8. The Morgan fingerprint density at radius 3 is 2.45 bits per heavy atom. The number of fused-ring (bicyclic) bond motifs is 2. The second-order valence-electron chi connectivity index (χ2n) is 18.5. The van der Waals surface area contributed by atoms with E-state index in [0.717, 1.165) is 74.5 Å². The van der Waals surface area contributed by atoms with Gasteiger partial charge in [-0.1, -0.05) is 86.2 Å². The molecule has 0 aromatic heterocycles. The van der Waals surface area contributed by atoms with E-state index in [1.165, 1.54) is 12.8 Å². The van der Waals surface area contributed by atoms with E-state index < -0.39 is 30.1 Å². The molecule has 0 radical (unpaired) electrons. The zero-order chi connectivity index (χ0) is 46.1. The van der Waals surface area contributed by atoms with Crippen LogP contribution in [0.2, 0.25) is 0 Å². The van der Waals surface area contributed by atoms with Crippen molar-refractivity contribution >= 4 is 17.7 Å². The Morgan fingerprint density at radius 1 is 0.924 bits per heavy atom. The summed E-state index contributed by atoms with van der Waals surface area (Å²) < 4.78 is 32.4. The Morgan fingerprint density at radius 2 is 1.71 bits per heavy atom. The van der Waals surface area contributed by atoms with Crippen molar-refractivity contribution in [3.8, 4) is 11.5 Å². The molecule has 3 aliphatic carbocycles. The highest BCUT2D eigenvalue weighted by Gasteiger charge is 2.65.